The third kappa shape index (κ3) is 4.23. The number of benzene rings is 2. The van der Waals surface area contributed by atoms with Crippen LogP contribution in [0.5, 0.6) is 0 Å². The van der Waals surface area contributed by atoms with Crippen LogP contribution in [0.1, 0.15) is 28.4 Å². The number of para-hydroxylation sites is 1. The van der Waals surface area contributed by atoms with Gasteiger partial charge in [0.25, 0.3) is 11.8 Å². The number of hydrogen-bond donors (Lipinski definition) is 1. The van der Waals surface area contributed by atoms with E-state index < -0.39 is 6.04 Å². The fourth-order valence-corrected chi connectivity index (χ4v) is 3.93. The molecule has 154 valence electrons. The van der Waals surface area contributed by atoms with Crippen LogP contribution in [-0.2, 0) is 16.1 Å². The van der Waals surface area contributed by atoms with Gasteiger partial charge in [-0.2, -0.15) is 4.57 Å². The van der Waals surface area contributed by atoms with Crippen molar-refractivity contribution in [2.45, 2.75) is 33.4 Å². The van der Waals surface area contributed by atoms with E-state index in [1.54, 1.807) is 4.90 Å². The Hall–Kier alpha value is -2.74. The van der Waals surface area contributed by atoms with Crippen LogP contribution in [0.2, 0.25) is 0 Å². The van der Waals surface area contributed by atoms with Crippen LogP contribution in [0.15, 0.2) is 66.9 Å². The SMILES string of the molecule is Cc1cc(C)cc(N2C(=O)C[n+]3ccccc3C2C(=O)Nc2ccccc2C)c1.[I-]. The molecule has 0 fully saturated rings. The maximum absolute atomic E-state index is 13.5. The van der Waals surface area contributed by atoms with E-state index in [0.717, 1.165) is 33.8 Å². The van der Waals surface area contributed by atoms with Crippen molar-refractivity contribution in [1.82, 2.24) is 0 Å². The Labute approximate surface area is 193 Å². The number of amides is 2. The van der Waals surface area contributed by atoms with Gasteiger partial charge in [-0.15, -0.1) is 0 Å². The first-order valence-electron chi connectivity index (χ1n) is 9.69. The maximum Gasteiger partial charge on any atom is 0.294 e. The van der Waals surface area contributed by atoms with E-state index in [0.29, 0.717) is 0 Å². The van der Waals surface area contributed by atoms with Gasteiger partial charge in [0.1, 0.15) is 0 Å². The minimum absolute atomic E-state index is 0. The number of fused-ring (bicyclic) bond motifs is 1. The van der Waals surface area contributed by atoms with E-state index in [2.05, 4.69) is 11.4 Å². The summed E-state index contributed by atoms with van der Waals surface area (Å²) in [6, 6.07) is 18.5. The third-order valence-electron chi connectivity index (χ3n) is 5.22. The first-order chi connectivity index (χ1) is 13.9. The highest BCUT2D eigenvalue weighted by molar-refractivity contribution is 6.05. The largest absolute Gasteiger partial charge is 1.00 e. The molecule has 1 aliphatic rings. The highest BCUT2D eigenvalue weighted by atomic mass is 127. The van der Waals surface area contributed by atoms with Crippen molar-refractivity contribution >= 4 is 23.2 Å². The summed E-state index contributed by atoms with van der Waals surface area (Å²) in [5.41, 5.74) is 5.36. The minimum atomic E-state index is -0.752. The van der Waals surface area contributed by atoms with E-state index in [1.807, 2.05) is 86.1 Å². The average Bonchev–Trinajstić information content (AvgIpc) is 2.67. The molecule has 2 aromatic carbocycles. The second kappa shape index (κ2) is 8.95. The summed E-state index contributed by atoms with van der Waals surface area (Å²) in [7, 11) is 0. The fourth-order valence-electron chi connectivity index (χ4n) is 3.93. The zero-order valence-electron chi connectivity index (χ0n) is 17.2. The van der Waals surface area contributed by atoms with Crippen LogP contribution in [0.4, 0.5) is 11.4 Å². The smallest absolute Gasteiger partial charge is 0.294 e. The second-order valence-corrected chi connectivity index (χ2v) is 7.57. The van der Waals surface area contributed by atoms with Crippen LogP contribution < -0.4 is 38.8 Å². The van der Waals surface area contributed by atoms with Gasteiger partial charge in [-0.1, -0.05) is 30.3 Å². The van der Waals surface area contributed by atoms with Gasteiger partial charge in [0, 0.05) is 23.5 Å². The number of nitrogens with zero attached hydrogens (tertiary/aromatic N) is 2. The molecule has 30 heavy (non-hydrogen) atoms. The van der Waals surface area contributed by atoms with Crippen molar-refractivity contribution in [3.63, 3.8) is 0 Å². The Morgan fingerprint density at radius 2 is 1.67 bits per heavy atom. The summed E-state index contributed by atoms with van der Waals surface area (Å²) in [5, 5.41) is 3.02. The summed E-state index contributed by atoms with van der Waals surface area (Å²) in [4.78, 5) is 28.2. The zero-order chi connectivity index (χ0) is 20.5. The van der Waals surface area contributed by atoms with Gasteiger partial charge in [0.2, 0.25) is 18.3 Å². The lowest BCUT2D eigenvalue weighted by Gasteiger charge is -2.32. The molecule has 0 saturated carbocycles. The molecule has 2 amide bonds. The van der Waals surface area contributed by atoms with E-state index in [1.165, 1.54) is 0 Å². The monoisotopic (exact) mass is 513 g/mol. The Morgan fingerprint density at radius 1 is 1.00 bits per heavy atom. The lowest BCUT2D eigenvalue weighted by atomic mass is 10.0. The normalized spacial score (nSPS) is 15.2. The van der Waals surface area contributed by atoms with Gasteiger partial charge in [0.15, 0.2) is 6.20 Å². The number of carbonyl (C=O) groups is 2. The number of halogens is 1. The summed E-state index contributed by atoms with van der Waals surface area (Å²) < 4.78 is 1.85. The summed E-state index contributed by atoms with van der Waals surface area (Å²) in [6.07, 6.45) is 1.85. The zero-order valence-corrected chi connectivity index (χ0v) is 19.4. The molecule has 2 heterocycles. The first-order valence-corrected chi connectivity index (χ1v) is 9.69. The van der Waals surface area contributed by atoms with Gasteiger partial charge < -0.3 is 29.3 Å². The number of aryl methyl sites for hydroxylation is 3. The molecule has 1 aromatic heterocycles. The first kappa shape index (κ1) is 22.0. The third-order valence-corrected chi connectivity index (χ3v) is 5.22. The molecule has 1 N–H and O–H groups in total. The van der Waals surface area contributed by atoms with Crippen molar-refractivity contribution in [2.24, 2.45) is 0 Å². The predicted molar refractivity (Wildman–Crippen MR) is 113 cm³/mol. The van der Waals surface area contributed by atoms with Crippen molar-refractivity contribution < 1.29 is 38.1 Å². The Morgan fingerprint density at radius 3 is 2.37 bits per heavy atom. The fraction of sp³-hybridized carbons (Fsp3) is 0.208. The molecule has 0 bridgehead atoms. The summed E-state index contributed by atoms with van der Waals surface area (Å²) in [6.45, 7) is 6.15. The van der Waals surface area contributed by atoms with Gasteiger partial charge in [0.05, 0.1) is 0 Å². The van der Waals surface area contributed by atoms with Crippen molar-refractivity contribution in [1.29, 1.82) is 0 Å². The molecular formula is C24H24IN3O2. The molecule has 1 atom stereocenters. The Balaban J connectivity index is 0.00000256. The molecule has 0 radical (unpaired) electrons. The number of aromatic nitrogens is 1. The topological polar surface area (TPSA) is 53.3 Å². The van der Waals surface area contributed by atoms with E-state index >= 15 is 0 Å². The molecule has 1 unspecified atom stereocenters. The van der Waals surface area contributed by atoms with Crippen molar-refractivity contribution in [2.75, 3.05) is 10.2 Å². The van der Waals surface area contributed by atoms with E-state index in [9.17, 15) is 9.59 Å². The standard InChI is InChI=1S/C24H23N3O2.HI/c1-16-12-17(2)14-19(13-16)27-22(28)15-26-11-7-6-10-21(26)23(27)24(29)25-20-9-5-4-8-18(20)3;/h4-14,23H,15H2,1-3H3;1H. The number of carbonyl (C=O) groups excluding carboxylic acids is 2. The molecule has 5 nitrogen and oxygen atoms in total. The van der Waals surface area contributed by atoms with Crippen LogP contribution in [-0.4, -0.2) is 11.8 Å². The lowest BCUT2D eigenvalue weighted by molar-refractivity contribution is -0.695. The molecule has 6 heteroatoms. The minimum Gasteiger partial charge on any atom is -1.00 e. The number of hydrogen-bond acceptors (Lipinski definition) is 2. The predicted octanol–water partition coefficient (Wildman–Crippen LogP) is 0.630. The molecule has 1 aliphatic heterocycles. The maximum atomic E-state index is 13.5. The van der Waals surface area contributed by atoms with Gasteiger partial charge >= 0.3 is 0 Å². The molecule has 0 saturated heterocycles. The van der Waals surface area contributed by atoms with Crippen molar-refractivity contribution in [3.8, 4) is 0 Å². The Bertz CT molecular complexity index is 1090. The molecular weight excluding hydrogens is 489 g/mol. The molecule has 4 rings (SSSR count). The average molecular weight is 513 g/mol. The van der Waals surface area contributed by atoms with E-state index in [-0.39, 0.29) is 42.3 Å². The van der Waals surface area contributed by atoms with Gasteiger partial charge in [-0.25, -0.2) is 0 Å². The highest BCUT2D eigenvalue weighted by Crippen LogP contribution is 2.31. The van der Waals surface area contributed by atoms with Crippen LogP contribution >= 0.6 is 0 Å². The number of pyridine rings is 1. The Kier molecular flexibility index (Phi) is 6.55. The second-order valence-electron chi connectivity index (χ2n) is 7.57. The number of rotatable bonds is 3. The molecule has 0 aliphatic carbocycles. The van der Waals surface area contributed by atoms with Crippen LogP contribution in [0, 0.1) is 20.8 Å². The van der Waals surface area contributed by atoms with Crippen LogP contribution in [0.3, 0.4) is 0 Å². The van der Waals surface area contributed by atoms with Crippen LogP contribution in [0.25, 0.3) is 0 Å². The summed E-state index contributed by atoms with van der Waals surface area (Å²) in [5.74, 6) is -0.338. The highest BCUT2D eigenvalue weighted by Gasteiger charge is 2.43. The van der Waals surface area contributed by atoms with E-state index in [4.69, 9.17) is 0 Å². The van der Waals surface area contributed by atoms with Gasteiger partial charge in [-0.05, 0) is 55.7 Å². The number of anilines is 2. The lowest BCUT2D eigenvalue weighted by Crippen LogP contribution is -3.00. The van der Waals surface area contributed by atoms with Crippen molar-refractivity contribution in [3.05, 3.63) is 89.2 Å². The van der Waals surface area contributed by atoms with Gasteiger partial charge in [-0.3, -0.25) is 14.5 Å². The molecule has 3 aromatic rings. The summed E-state index contributed by atoms with van der Waals surface area (Å²) >= 11 is 0. The number of nitrogens with one attached hydrogen (secondary N) is 1. The quantitative estimate of drug-likeness (QED) is 0.413. The molecule has 0 spiro atoms.